The molecule has 0 fully saturated rings. The highest BCUT2D eigenvalue weighted by Gasteiger charge is 2.06. The Labute approximate surface area is 100 Å². The van der Waals surface area contributed by atoms with Crippen LogP contribution in [0.4, 0.5) is 0 Å². The Kier molecular flexibility index (Phi) is 3.77. The van der Waals surface area contributed by atoms with E-state index in [9.17, 15) is 0 Å². The second-order valence-corrected chi connectivity index (χ2v) is 3.68. The van der Waals surface area contributed by atoms with Gasteiger partial charge in [-0.25, -0.2) is 0 Å². The molecule has 0 atom stereocenters. The molecule has 90 valence electrons. The molecule has 0 saturated heterocycles. The molecule has 0 aliphatic heterocycles. The summed E-state index contributed by atoms with van der Waals surface area (Å²) in [5.41, 5.74) is 7.27. The van der Waals surface area contributed by atoms with Crippen LogP contribution in [0.2, 0.25) is 0 Å². The van der Waals surface area contributed by atoms with Gasteiger partial charge < -0.3 is 15.0 Å². The molecule has 1 aromatic heterocycles. The SMILES string of the molecule is CCOc1cccc(-c2cc(CCN)on2)c1. The van der Waals surface area contributed by atoms with Gasteiger partial charge in [0, 0.05) is 18.1 Å². The lowest BCUT2D eigenvalue weighted by atomic mass is 10.1. The fourth-order valence-electron chi connectivity index (χ4n) is 1.62. The second-order valence-electron chi connectivity index (χ2n) is 3.68. The third-order valence-corrected chi connectivity index (χ3v) is 2.39. The smallest absolute Gasteiger partial charge is 0.138 e. The lowest BCUT2D eigenvalue weighted by Gasteiger charge is -2.03. The number of nitrogens with zero attached hydrogens (tertiary/aromatic N) is 1. The van der Waals surface area contributed by atoms with Crippen molar-refractivity contribution < 1.29 is 9.26 Å². The van der Waals surface area contributed by atoms with Crippen LogP contribution in [-0.2, 0) is 6.42 Å². The van der Waals surface area contributed by atoms with E-state index in [2.05, 4.69) is 5.16 Å². The lowest BCUT2D eigenvalue weighted by molar-refractivity contribution is 0.340. The molecule has 17 heavy (non-hydrogen) atoms. The zero-order valence-corrected chi connectivity index (χ0v) is 9.85. The predicted molar refractivity (Wildman–Crippen MR) is 65.9 cm³/mol. The highest BCUT2D eigenvalue weighted by atomic mass is 16.5. The molecular formula is C13H16N2O2. The second kappa shape index (κ2) is 5.50. The van der Waals surface area contributed by atoms with Crippen LogP contribution in [-0.4, -0.2) is 18.3 Å². The summed E-state index contributed by atoms with van der Waals surface area (Å²) in [7, 11) is 0. The first kappa shape index (κ1) is 11.7. The quantitative estimate of drug-likeness (QED) is 0.858. The minimum atomic E-state index is 0.563. The number of nitrogens with two attached hydrogens (primary N) is 1. The number of benzene rings is 1. The Balaban J connectivity index is 2.22. The van der Waals surface area contributed by atoms with Gasteiger partial charge >= 0.3 is 0 Å². The fraction of sp³-hybridized carbons (Fsp3) is 0.308. The molecule has 0 unspecified atom stereocenters. The Hall–Kier alpha value is -1.81. The first-order valence-electron chi connectivity index (χ1n) is 5.72. The number of aromatic nitrogens is 1. The molecule has 1 aromatic carbocycles. The van der Waals surface area contributed by atoms with E-state index in [0.717, 1.165) is 22.8 Å². The fourth-order valence-corrected chi connectivity index (χ4v) is 1.62. The van der Waals surface area contributed by atoms with Gasteiger partial charge in [0.1, 0.15) is 17.2 Å². The highest BCUT2D eigenvalue weighted by molar-refractivity contribution is 5.60. The first-order valence-corrected chi connectivity index (χ1v) is 5.72. The van der Waals surface area contributed by atoms with Crippen LogP contribution in [0.1, 0.15) is 12.7 Å². The largest absolute Gasteiger partial charge is 0.494 e. The van der Waals surface area contributed by atoms with Crippen LogP contribution in [0, 0.1) is 0 Å². The molecule has 0 radical (unpaired) electrons. The number of ether oxygens (including phenoxy) is 1. The van der Waals surface area contributed by atoms with Crippen LogP contribution in [0.5, 0.6) is 5.75 Å². The van der Waals surface area contributed by atoms with Crippen molar-refractivity contribution in [1.82, 2.24) is 5.16 Å². The van der Waals surface area contributed by atoms with Crippen molar-refractivity contribution in [3.63, 3.8) is 0 Å². The van der Waals surface area contributed by atoms with Crippen molar-refractivity contribution in [2.24, 2.45) is 5.73 Å². The number of hydrogen-bond donors (Lipinski definition) is 1. The first-order chi connectivity index (χ1) is 8.33. The maximum atomic E-state index is 5.46. The summed E-state index contributed by atoms with van der Waals surface area (Å²) < 4.78 is 10.6. The van der Waals surface area contributed by atoms with E-state index < -0.39 is 0 Å². The average Bonchev–Trinajstić information content (AvgIpc) is 2.79. The van der Waals surface area contributed by atoms with E-state index in [0.29, 0.717) is 19.6 Å². The molecule has 0 aliphatic carbocycles. The summed E-state index contributed by atoms with van der Waals surface area (Å²) in [6, 6.07) is 9.71. The zero-order chi connectivity index (χ0) is 12.1. The topological polar surface area (TPSA) is 61.3 Å². The van der Waals surface area contributed by atoms with Crippen molar-refractivity contribution in [3.05, 3.63) is 36.1 Å². The maximum Gasteiger partial charge on any atom is 0.138 e. The van der Waals surface area contributed by atoms with Crippen molar-refractivity contribution in [3.8, 4) is 17.0 Å². The van der Waals surface area contributed by atoms with Crippen LogP contribution in [0.25, 0.3) is 11.3 Å². The standard InChI is InChI=1S/C13H16N2O2/c1-2-16-11-5-3-4-10(8-11)13-9-12(6-7-14)17-15-13/h3-5,8-9H,2,6-7,14H2,1H3. The van der Waals surface area contributed by atoms with E-state index >= 15 is 0 Å². The molecule has 1 heterocycles. The summed E-state index contributed by atoms with van der Waals surface area (Å²) in [5, 5.41) is 4.02. The summed E-state index contributed by atoms with van der Waals surface area (Å²) in [6.45, 7) is 3.18. The number of hydrogen-bond acceptors (Lipinski definition) is 4. The van der Waals surface area contributed by atoms with E-state index in [-0.39, 0.29) is 0 Å². The van der Waals surface area contributed by atoms with Crippen molar-refractivity contribution in [2.75, 3.05) is 13.2 Å². The molecule has 0 aliphatic rings. The molecular weight excluding hydrogens is 216 g/mol. The molecule has 4 heteroatoms. The minimum Gasteiger partial charge on any atom is -0.494 e. The van der Waals surface area contributed by atoms with Gasteiger partial charge in [0.2, 0.25) is 0 Å². The van der Waals surface area contributed by atoms with Gasteiger partial charge in [-0.05, 0) is 25.6 Å². The summed E-state index contributed by atoms with van der Waals surface area (Å²) in [4.78, 5) is 0. The van der Waals surface area contributed by atoms with Crippen LogP contribution < -0.4 is 10.5 Å². The van der Waals surface area contributed by atoms with Crippen molar-refractivity contribution in [2.45, 2.75) is 13.3 Å². The molecule has 2 rings (SSSR count). The molecule has 4 nitrogen and oxygen atoms in total. The molecule has 2 N–H and O–H groups in total. The van der Waals surface area contributed by atoms with Crippen LogP contribution in [0.15, 0.2) is 34.9 Å². The Morgan fingerprint density at radius 3 is 3.00 bits per heavy atom. The van der Waals surface area contributed by atoms with Gasteiger partial charge in [-0.3, -0.25) is 0 Å². The molecule has 0 bridgehead atoms. The maximum absolute atomic E-state index is 5.46. The Morgan fingerprint density at radius 2 is 2.24 bits per heavy atom. The van der Waals surface area contributed by atoms with Crippen LogP contribution in [0.3, 0.4) is 0 Å². The minimum absolute atomic E-state index is 0.563. The summed E-state index contributed by atoms with van der Waals surface area (Å²) >= 11 is 0. The van der Waals surface area contributed by atoms with E-state index in [1.807, 2.05) is 37.3 Å². The van der Waals surface area contributed by atoms with Crippen LogP contribution >= 0.6 is 0 Å². The van der Waals surface area contributed by atoms with E-state index in [1.165, 1.54) is 0 Å². The average molecular weight is 232 g/mol. The Morgan fingerprint density at radius 1 is 1.35 bits per heavy atom. The molecule has 0 spiro atoms. The van der Waals surface area contributed by atoms with Gasteiger partial charge in [0.25, 0.3) is 0 Å². The molecule has 0 saturated carbocycles. The highest BCUT2D eigenvalue weighted by Crippen LogP contribution is 2.23. The third kappa shape index (κ3) is 2.85. The van der Waals surface area contributed by atoms with E-state index in [4.69, 9.17) is 15.0 Å². The van der Waals surface area contributed by atoms with E-state index in [1.54, 1.807) is 0 Å². The van der Waals surface area contributed by atoms with Gasteiger partial charge in [0.05, 0.1) is 6.61 Å². The summed E-state index contributed by atoms with van der Waals surface area (Å²) in [5.74, 6) is 1.65. The van der Waals surface area contributed by atoms with Crippen molar-refractivity contribution in [1.29, 1.82) is 0 Å². The predicted octanol–water partition coefficient (Wildman–Crippen LogP) is 2.24. The number of rotatable bonds is 5. The zero-order valence-electron chi connectivity index (χ0n) is 9.85. The van der Waals surface area contributed by atoms with Crippen molar-refractivity contribution >= 4 is 0 Å². The molecule has 0 amide bonds. The normalized spacial score (nSPS) is 10.5. The van der Waals surface area contributed by atoms with Gasteiger partial charge in [-0.2, -0.15) is 0 Å². The Bertz CT molecular complexity index is 480. The molecule has 2 aromatic rings. The lowest BCUT2D eigenvalue weighted by Crippen LogP contribution is -2.01. The van der Waals surface area contributed by atoms with Gasteiger partial charge in [-0.15, -0.1) is 0 Å². The summed E-state index contributed by atoms with van der Waals surface area (Å²) in [6.07, 6.45) is 0.706. The monoisotopic (exact) mass is 232 g/mol. The third-order valence-electron chi connectivity index (χ3n) is 2.39. The van der Waals surface area contributed by atoms with Gasteiger partial charge in [-0.1, -0.05) is 17.3 Å². The van der Waals surface area contributed by atoms with Gasteiger partial charge in [0.15, 0.2) is 0 Å².